The Morgan fingerprint density at radius 1 is 1.53 bits per heavy atom. The van der Waals surface area contributed by atoms with Crippen LogP contribution in [0.4, 0.5) is 11.5 Å². The molecule has 5 nitrogen and oxygen atoms in total. The molecule has 1 aromatic heterocycles. The summed E-state index contributed by atoms with van der Waals surface area (Å²) in [6, 6.07) is 1.69. The minimum atomic E-state index is -0.500. The lowest BCUT2D eigenvalue weighted by atomic mass is 10.1. The number of nitro groups is 1. The first-order valence-corrected chi connectivity index (χ1v) is 6.84. The van der Waals surface area contributed by atoms with Crippen molar-refractivity contribution in [1.82, 2.24) is 4.98 Å². The molecular formula is C10H12ClN3O2S. The summed E-state index contributed by atoms with van der Waals surface area (Å²) in [6.07, 6.45) is 3.37. The average molecular weight is 274 g/mol. The van der Waals surface area contributed by atoms with Crippen LogP contribution in [0.15, 0.2) is 12.3 Å². The minimum Gasteiger partial charge on any atom is -0.366 e. The number of hydrogen-bond acceptors (Lipinski definition) is 5. The molecule has 0 radical (unpaired) electrons. The normalized spacial score (nSPS) is 16.8. The van der Waals surface area contributed by atoms with Crippen LogP contribution in [-0.4, -0.2) is 27.5 Å². The van der Waals surface area contributed by atoms with Crippen LogP contribution in [0.2, 0.25) is 5.02 Å². The lowest BCUT2D eigenvalue weighted by Crippen LogP contribution is -2.25. The fraction of sp³-hybridized carbons (Fsp3) is 0.500. The smallest absolute Gasteiger partial charge is 0.289 e. The van der Waals surface area contributed by atoms with Gasteiger partial charge in [-0.2, -0.15) is 11.8 Å². The standard InChI is InChI=1S/C10H12ClN3O2S/c11-9-5-8(14(15)16)6-12-10(9)13-7-1-3-17-4-2-7/h5-7H,1-4H2,(H,12,13). The Kier molecular flexibility index (Phi) is 4.06. The van der Waals surface area contributed by atoms with Crippen LogP contribution in [0.5, 0.6) is 0 Å². The van der Waals surface area contributed by atoms with Crippen LogP contribution in [-0.2, 0) is 0 Å². The zero-order valence-electron chi connectivity index (χ0n) is 9.06. The van der Waals surface area contributed by atoms with Crippen molar-refractivity contribution in [3.8, 4) is 0 Å². The predicted molar refractivity (Wildman–Crippen MR) is 69.9 cm³/mol. The highest BCUT2D eigenvalue weighted by molar-refractivity contribution is 7.99. The largest absolute Gasteiger partial charge is 0.366 e. The quantitative estimate of drug-likeness (QED) is 0.677. The second-order valence-corrected chi connectivity index (χ2v) is 5.44. The van der Waals surface area contributed by atoms with Crippen molar-refractivity contribution in [3.05, 3.63) is 27.4 Å². The molecule has 0 aliphatic carbocycles. The lowest BCUT2D eigenvalue weighted by Gasteiger charge is -2.23. The van der Waals surface area contributed by atoms with Crippen LogP contribution < -0.4 is 5.32 Å². The van der Waals surface area contributed by atoms with Gasteiger partial charge >= 0.3 is 0 Å². The van der Waals surface area contributed by atoms with Gasteiger partial charge in [0.15, 0.2) is 0 Å². The van der Waals surface area contributed by atoms with Gasteiger partial charge in [0.1, 0.15) is 12.0 Å². The summed E-state index contributed by atoms with van der Waals surface area (Å²) >= 11 is 7.90. The summed E-state index contributed by atoms with van der Waals surface area (Å²) in [5, 5.41) is 14.1. The molecule has 1 saturated heterocycles. The van der Waals surface area contributed by atoms with Crippen LogP contribution in [0, 0.1) is 10.1 Å². The van der Waals surface area contributed by atoms with Crippen LogP contribution in [0.25, 0.3) is 0 Å². The van der Waals surface area contributed by atoms with Gasteiger partial charge in [0.05, 0.1) is 9.95 Å². The van der Waals surface area contributed by atoms with Gasteiger partial charge in [-0.05, 0) is 24.3 Å². The maximum atomic E-state index is 10.5. The summed E-state index contributed by atoms with van der Waals surface area (Å²) in [5.74, 6) is 2.79. The summed E-state index contributed by atoms with van der Waals surface area (Å²) < 4.78 is 0. The van der Waals surface area contributed by atoms with Crippen molar-refractivity contribution in [1.29, 1.82) is 0 Å². The van der Waals surface area contributed by atoms with Crippen LogP contribution in [0.1, 0.15) is 12.8 Å². The second-order valence-electron chi connectivity index (χ2n) is 3.81. The van der Waals surface area contributed by atoms with E-state index >= 15 is 0 Å². The highest BCUT2D eigenvalue weighted by Crippen LogP contribution is 2.27. The van der Waals surface area contributed by atoms with Gasteiger partial charge in [0, 0.05) is 12.1 Å². The fourth-order valence-electron chi connectivity index (χ4n) is 1.67. The van der Waals surface area contributed by atoms with Gasteiger partial charge in [-0.15, -0.1) is 0 Å². The number of nitrogens with zero attached hydrogens (tertiary/aromatic N) is 2. The number of pyridine rings is 1. The molecular weight excluding hydrogens is 262 g/mol. The van der Waals surface area contributed by atoms with Crippen molar-refractivity contribution in [2.45, 2.75) is 18.9 Å². The molecule has 0 unspecified atom stereocenters. The summed E-state index contributed by atoms with van der Waals surface area (Å²) in [7, 11) is 0. The van der Waals surface area contributed by atoms with Crippen molar-refractivity contribution < 1.29 is 4.92 Å². The van der Waals surface area contributed by atoms with Gasteiger partial charge in [0.25, 0.3) is 5.69 Å². The third-order valence-corrected chi connectivity index (χ3v) is 3.94. The summed E-state index contributed by atoms with van der Waals surface area (Å²) in [4.78, 5) is 14.0. The fourth-order valence-corrected chi connectivity index (χ4v) is 2.99. The molecule has 1 aromatic rings. The number of thioether (sulfide) groups is 1. The lowest BCUT2D eigenvalue weighted by molar-refractivity contribution is -0.385. The molecule has 1 aliphatic rings. The molecule has 1 N–H and O–H groups in total. The molecule has 7 heteroatoms. The first-order chi connectivity index (χ1) is 8.16. The summed E-state index contributed by atoms with van der Waals surface area (Å²) in [6.45, 7) is 0. The van der Waals surface area contributed by atoms with Crippen molar-refractivity contribution in [3.63, 3.8) is 0 Å². The molecule has 2 heterocycles. The minimum absolute atomic E-state index is 0.0836. The third kappa shape index (κ3) is 3.23. The average Bonchev–Trinajstić information content (AvgIpc) is 2.33. The first-order valence-electron chi connectivity index (χ1n) is 5.31. The number of anilines is 1. The number of nitrogens with one attached hydrogen (secondary N) is 1. The molecule has 0 saturated carbocycles. The number of rotatable bonds is 3. The molecule has 0 bridgehead atoms. The Labute approximate surface area is 108 Å². The molecule has 0 amide bonds. The highest BCUT2D eigenvalue weighted by Gasteiger charge is 2.17. The van der Waals surface area contributed by atoms with Crippen LogP contribution >= 0.6 is 23.4 Å². The monoisotopic (exact) mass is 273 g/mol. The zero-order chi connectivity index (χ0) is 12.3. The van der Waals surface area contributed by atoms with E-state index in [2.05, 4.69) is 10.3 Å². The van der Waals surface area contributed by atoms with E-state index in [1.54, 1.807) is 0 Å². The topological polar surface area (TPSA) is 68.1 Å². The molecule has 2 rings (SSSR count). The SMILES string of the molecule is O=[N+]([O-])c1cnc(NC2CCSCC2)c(Cl)c1. The van der Waals surface area contributed by atoms with Gasteiger partial charge in [0.2, 0.25) is 0 Å². The second kappa shape index (κ2) is 5.55. The van der Waals surface area contributed by atoms with Crippen molar-refractivity contribution in [2.24, 2.45) is 0 Å². The predicted octanol–water partition coefficient (Wildman–Crippen LogP) is 2.95. The maximum absolute atomic E-state index is 10.5. The Hall–Kier alpha value is -1.01. The molecule has 92 valence electrons. The Bertz CT molecular complexity index is 424. The van der Waals surface area contributed by atoms with E-state index in [0.29, 0.717) is 16.9 Å². The van der Waals surface area contributed by atoms with E-state index in [1.165, 1.54) is 12.3 Å². The molecule has 0 atom stereocenters. The highest BCUT2D eigenvalue weighted by atomic mass is 35.5. The number of halogens is 1. The molecule has 1 aliphatic heterocycles. The number of aromatic nitrogens is 1. The van der Waals surface area contributed by atoms with Crippen molar-refractivity contribution in [2.75, 3.05) is 16.8 Å². The molecule has 17 heavy (non-hydrogen) atoms. The molecule has 0 aromatic carbocycles. The van der Waals surface area contributed by atoms with Gasteiger partial charge < -0.3 is 5.32 Å². The van der Waals surface area contributed by atoms with E-state index < -0.39 is 4.92 Å². The Morgan fingerprint density at radius 2 is 2.24 bits per heavy atom. The molecule has 0 spiro atoms. The van der Waals surface area contributed by atoms with E-state index in [9.17, 15) is 10.1 Å². The third-order valence-electron chi connectivity index (χ3n) is 2.60. The van der Waals surface area contributed by atoms with E-state index in [0.717, 1.165) is 24.3 Å². The van der Waals surface area contributed by atoms with E-state index in [4.69, 9.17) is 11.6 Å². The Balaban J connectivity index is 2.08. The van der Waals surface area contributed by atoms with Gasteiger partial charge in [-0.25, -0.2) is 4.98 Å². The maximum Gasteiger partial charge on any atom is 0.289 e. The van der Waals surface area contributed by atoms with E-state index in [1.807, 2.05) is 11.8 Å². The zero-order valence-corrected chi connectivity index (χ0v) is 10.6. The van der Waals surface area contributed by atoms with Crippen LogP contribution in [0.3, 0.4) is 0 Å². The number of hydrogen-bond donors (Lipinski definition) is 1. The van der Waals surface area contributed by atoms with E-state index in [-0.39, 0.29) is 5.69 Å². The van der Waals surface area contributed by atoms with Gasteiger partial charge in [-0.3, -0.25) is 10.1 Å². The molecule has 1 fully saturated rings. The van der Waals surface area contributed by atoms with Crippen molar-refractivity contribution >= 4 is 34.9 Å². The van der Waals surface area contributed by atoms with Gasteiger partial charge in [-0.1, -0.05) is 11.6 Å². The summed E-state index contributed by atoms with van der Waals surface area (Å²) in [5.41, 5.74) is -0.0836. The Morgan fingerprint density at radius 3 is 2.82 bits per heavy atom. The first kappa shape index (κ1) is 12.4.